The van der Waals surface area contributed by atoms with Gasteiger partial charge in [0.15, 0.2) is 0 Å². The molecule has 0 unspecified atom stereocenters. The molecule has 72 valence electrons. The first-order chi connectivity index (χ1) is 6.75. The first kappa shape index (κ1) is 9.33. The Labute approximate surface area is 89.5 Å². The molecule has 0 aliphatic rings. The Bertz CT molecular complexity index is 441. The fourth-order valence-corrected chi connectivity index (χ4v) is 1.51. The summed E-state index contributed by atoms with van der Waals surface area (Å²) in [5, 5.41) is 7.69. The van der Waals surface area contributed by atoms with Crippen LogP contribution in [0, 0.1) is 6.92 Å². The molecule has 0 aliphatic carbocycles. The number of aryl methyl sites for hydroxylation is 1. The summed E-state index contributed by atoms with van der Waals surface area (Å²) in [7, 11) is 0. The predicted octanol–water partition coefficient (Wildman–Crippen LogP) is 2.13. The average molecular weight is 254 g/mol. The largest absolute Gasteiger partial charge is 0.425 e. The summed E-state index contributed by atoms with van der Waals surface area (Å²) in [5.74, 6) is 1.21. The van der Waals surface area contributed by atoms with Gasteiger partial charge in [-0.05, 0) is 27.6 Å². The van der Waals surface area contributed by atoms with Gasteiger partial charge in [-0.2, -0.15) is 0 Å². The molecule has 2 rings (SSSR count). The Morgan fingerprint density at radius 1 is 1.43 bits per heavy atom. The van der Waals surface area contributed by atoms with Gasteiger partial charge in [-0.3, -0.25) is 4.98 Å². The predicted molar refractivity (Wildman–Crippen MR) is 53.8 cm³/mol. The number of rotatable bonds is 2. The van der Waals surface area contributed by atoms with Gasteiger partial charge < -0.3 is 4.42 Å². The molecule has 0 saturated carbocycles. The van der Waals surface area contributed by atoms with Crippen LogP contribution in [0.25, 0.3) is 0 Å². The second-order valence-corrected chi connectivity index (χ2v) is 3.71. The van der Waals surface area contributed by atoms with E-state index in [4.69, 9.17) is 4.42 Å². The van der Waals surface area contributed by atoms with Crippen molar-refractivity contribution in [2.45, 2.75) is 13.3 Å². The van der Waals surface area contributed by atoms with Crippen molar-refractivity contribution < 1.29 is 4.42 Å². The maximum atomic E-state index is 5.28. The van der Waals surface area contributed by atoms with Gasteiger partial charge >= 0.3 is 0 Å². The highest BCUT2D eigenvalue weighted by atomic mass is 79.9. The molecule has 14 heavy (non-hydrogen) atoms. The van der Waals surface area contributed by atoms with Gasteiger partial charge in [0.2, 0.25) is 11.8 Å². The fraction of sp³-hybridized carbons (Fsp3) is 0.222. The summed E-state index contributed by atoms with van der Waals surface area (Å²) in [6.07, 6.45) is 4.12. The second-order valence-electron chi connectivity index (χ2n) is 2.86. The fourth-order valence-electron chi connectivity index (χ4n) is 1.12. The van der Waals surface area contributed by atoms with Crippen molar-refractivity contribution in [1.82, 2.24) is 15.2 Å². The van der Waals surface area contributed by atoms with Gasteiger partial charge in [-0.1, -0.05) is 0 Å². The number of aromatic nitrogens is 3. The Hall–Kier alpha value is -1.23. The van der Waals surface area contributed by atoms with E-state index >= 15 is 0 Å². The molecule has 0 saturated heterocycles. The molecular weight excluding hydrogens is 246 g/mol. The lowest BCUT2D eigenvalue weighted by molar-refractivity contribution is 0.477. The summed E-state index contributed by atoms with van der Waals surface area (Å²) in [6, 6.07) is 1.92. The molecule has 0 atom stereocenters. The number of hydrogen-bond donors (Lipinski definition) is 0. The van der Waals surface area contributed by atoms with E-state index < -0.39 is 0 Å². The third kappa shape index (κ3) is 1.98. The minimum absolute atomic E-state index is 0.588. The van der Waals surface area contributed by atoms with E-state index in [9.17, 15) is 0 Å². The van der Waals surface area contributed by atoms with Gasteiger partial charge in [0.1, 0.15) is 0 Å². The maximum absolute atomic E-state index is 5.28. The van der Waals surface area contributed by atoms with E-state index in [-0.39, 0.29) is 0 Å². The number of nitrogens with zero attached hydrogens (tertiary/aromatic N) is 3. The normalized spacial score (nSPS) is 10.4. The molecule has 5 heteroatoms. The van der Waals surface area contributed by atoms with E-state index in [1.54, 1.807) is 19.3 Å². The second kappa shape index (κ2) is 3.88. The Kier molecular flexibility index (Phi) is 2.58. The highest BCUT2D eigenvalue weighted by Gasteiger charge is 2.06. The smallest absolute Gasteiger partial charge is 0.220 e. The van der Waals surface area contributed by atoms with Crippen LogP contribution in [0.2, 0.25) is 0 Å². The molecule has 0 bridgehead atoms. The quantitative estimate of drug-likeness (QED) is 0.823. The lowest BCUT2D eigenvalue weighted by Gasteiger charge is -1.98. The lowest BCUT2D eigenvalue weighted by Crippen LogP contribution is -1.90. The van der Waals surface area contributed by atoms with Crippen molar-refractivity contribution in [2.24, 2.45) is 0 Å². The van der Waals surface area contributed by atoms with Gasteiger partial charge in [-0.25, -0.2) is 0 Å². The first-order valence-corrected chi connectivity index (χ1v) is 4.92. The molecule has 0 fully saturated rings. The molecule has 0 spiro atoms. The molecular formula is C9H8BrN3O. The highest BCUT2D eigenvalue weighted by molar-refractivity contribution is 9.10. The molecule has 4 nitrogen and oxygen atoms in total. The van der Waals surface area contributed by atoms with Crippen LogP contribution >= 0.6 is 15.9 Å². The monoisotopic (exact) mass is 253 g/mol. The van der Waals surface area contributed by atoms with Gasteiger partial charge in [0.05, 0.1) is 6.42 Å². The van der Waals surface area contributed by atoms with Crippen LogP contribution in [0.1, 0.15) is 17.3 Å². The number of hydrogen-bond acceptors (Lipinski definition) is 4. The molecule has 2 aromatic heterocycles. The summed E-state index contributed by atoms with van der Waals surface area (Å²) in [6.45, 7) is 1.78. The minimum Gasteiger partial charge on any atom is -0.425 e. The van der Waals surface area contributed by atoms with E-state index in [1.165, 1.54) is 0 Å². The van der Waals surface area contributed by atoms with E-state index in [1.807, 2.05) is 6.07 Å². The van der Waals surface area contributed by atoms with Crippen LogP contribution < -0.4 is 0 Å². The summed E-state index contributed by atoms with van der Waals surface area (Å²) in [5.41, 5.74) is 1.09. The standard InChI is InChI=1S/C9H8BrN3O/c1-6-12-13-9(14-6)4-7-2-3-11-5-8(7)10/h2-3,5H,4H2,1H3. The Balaban J connectivity index is 2.23. The summed E-state index contributed by atoms with van der Waals surface area (Å²) < 4.78 is 6.23. The number of halogens is 1. The van der Waals surface area contributed by atoms with Gasteiger partial charge in [0, 0.05) is 23.8 Å². The van der Waals surface area contributed by atoms with Crippen molar-refractivity contribution >= 4 is 15.9 Å². The minimum atomic E-state index is 0.588. The summed E-state index contributed by atoms with van der Waals surface area (Å²) >= 11 is 3.41. The molecule has 0 amide bonds. The maximum Gasteiger partial charge on any atom is 0.220 e. The van der Waals surface area contributed by atoms with Crippen molar-refractivity contribution in [3.63, 3.8) is 0 Å². The van der Waals surface area contributed by atoms with Crippen molar-refractivity contribution in [2.75, 3.05) is 0 Å². The molecule has 0 aliphatic heterocycles. The zero-order chi connectivity index (χ0) is 9.97. The number of pyridine rings is 1. The molecule has 2 heterocycles. The molecule has 0 N–H and O–H groups in total. The van der Waals surface area contributed by atoms with Crippen molar-refractivity contribution in [3.05, 3.63) is 40.3 Å². The zero-order valence-electron chi connectivity index (χ0n) is 7.57. The van der Waals surface area contributed by atoms with Gasteiger partial charge in [-0.15, -0.1) is 10.2 Å². The topological polar surface area (TPSA) is 51.8 Å². The molecule has 0 aromatic carbocycles. The van der Waals surface area contributed by atoms with E-state index in [0.29, 0.717) is 18.2 Å². The van der Waals surface area contributed by atoms with Crippen LogP contribution in [-0.4, -0.2) is 15.2 Å². The molecule has 2 aromatic rings. The third-order valence-electron chi connectivity index (χ3n) is 1.77. The van der Waals surface area contributed by atoms with Crippen molar-refractivity contribution in [1.29, 1.82) is 0 Å². The Morgan fingerprint density at radius 2 is 2.29 bits per heavy atom. The average Bonchev–Trinajstić information content (AvgIpc) is 2.56. The van der Waals surface area contributed by atoms with Crippen molar-refractivity contribution in [3.8, 4) is 0 Å². The van der Waals surface area contributed by atoms with E-state index in [2.05, 4.69) is 31.1 Å². The van der Waals surface area contributed by atoms with Crippen LogP contribution in [0.3, 0.4) is 0 Å². The van der Waals surface area contributed by atoms with Crippen LogP contribution in [0.15, 0.2) is 27.3 Å². The Morgan fingerprint density at radius 3 is 2.93 bits per heavy atom. The van der Waals surface area contributed by atoms with Crippen LogP contribution in [0.4, 0.5) is 0 Å². The van der Waals surface area contributed by atoms with Gasteiger partial charge in [0.25, 0.3) is 0 Å². The first-order valence-electron chi connectivity index (χ1n) is 4.13. The molecule has 0 radical (unpaired) electrons. The zero-order valence-corrected chi connectivity index (χ0v) is 9.15. The lowest BCUT2D eigenvalue weighted by atomic mass is 10.2. The highest BCUT2D eigenvalue weighted by Crippen LogP contribution is 2.17. The third-order valence-corrected chi connectivity index (χ3v) is 2.48. The van der Waals surface area contributed by atoms with Crippen LogP contribution in [0.5, 0.6) is 0 Å². The SMILES string of the molecule is Cc1nnc(Cc2ccncc2Br)o1. The van der Waals surface area contributed by atoms with E-state index in [0.717, 1.165) is 10.0 Å². The van der Waals surface area contributed by atoms with Crippen LogP contribution in [-0.2, 0) is 6.42 Å². The summed E-state index contributed by atoms with van der Waals surface area (Å²) in [4.78, 5) is 3.98.